The van der Waals surface area contributed by atoms with Gasteiger partial charge in [-0.3, -0.25) is 4.98 Å². The van der Waals surface area contributed by atoms with Gasteiger partial charge in [0.25, 0.3) is 0 Å². The van der Waals surface area contributed by atoms with Gasteiger partial charge in [-0.25, -0.2) is 0 Å². The Kier molecular flexibility index (Phi) is 3.13. The van der Waals surface area contributed by atoms with E-state index in [0.29, 0.717) is 0 Å². The van der Waals surface area contributed by atoms with E-state index < -0.39 is 0 Å². The molecule has 1 heterocycles. The fourth-order valence-corrected chi connectivity index (χ4v) is 2.13. The fourth-order valence-electron chi connectivity index (χ4n) is 1.78. The topological polar surface area (TPSA) is 22.1 Å². The van der Waals surface area contributed by atoms with Crippen LogP contribution in [0.2, 0.25) is 0 Å². The van der Waals surface area contributed by atoms with Gasteiger partial charge in [0.1, 0.15) is 11.3 Å². The Hall–Kier alpha value is -1.09. The predicted octanol–water partition coefficient (Wildman–Crippen LogP) is 4.30. The van der Waals surface area contributed by atoms with Crippen molar-refractivity contribution < 1.29 is 4.74 Å². The Labute approximate surface area is 110 Å². The number of nitrogens with zero attached hydrogens (tertiary/aromatic N) is 1. The number of hydrogen-bond donors (Lipinski definition) is 0. The number of halogens is 1. The minimum atomic E-state index is 0.101. The van der Waals surface area contributed by atoms with Crippen LogP contribution in [0.1, 0.15) is 26.3 Å². The third kappa shape index (κ3) is 2.44. The molecule has 17 heavy (non-hydrogen) atoms. The van der Waals surface area contributed by atoms with Crippen LogP contribution in [-0.4, -0.2) is 12.1 Å². The van der Waals surface area contributed by atoms with E-state index >= 15 is 0 Å². The SMILES string of the molecule is COc1cc(C(C)(C)C)cc2cc(Br)cnc12. The van der Waals surface area contributed by atoms with E-state index in [-0.39, 0.29) is 5.41 Å². The van der Waals surface area contributed by atoms with Crippen LogP contribution in [0.25, 0.3) is 10.9 Å². The predicted molar refractivity (Wildman–Crippen MR) is 74.7 cm³/mol. The van der Waals surface area contributed by atoms with Crippen molar-refractivity contribution in [3.05, 3.63) is 34.4 Å². The van der Waals surface area contributed by atoms with Crippen molar-refractivity contribution in [2.45, 2.75) is 26.2 Å². The Morgan fingerprint density at radius 3 is 2.47 bits per heavy atom. The molecule has 0 atom stereocenters. The minimum Gasteiger partial charge on any atom is -0.494 e. The second kappa shape index (κ2) is 4.30. The molecule has 0 saturated carbocycles. The van der Waals surface area contributed by atoms with E-state index in [1.54, 1.807) is 13.3 Å². The van der Waals surface area contributed by atoms with Crippen LogP contribution in [0.3, 0.4) is 0 Å². The standard InChI is InChI=1S/C14H16BrNO/c1-14(2,3)10-5-9-6-11(15)8-16-13(9)12(7-10)17-4/h5-8H,1-4H3. The molecule has 0 aliphatic heterocycles. The maximum atomic E-state index is 5.43. The van der Waals surface area contributed by atoms with Crippen LogP contribution >= 0.6 is 15.9 Å². The van der Waals surface area contributed by atoms with Crippen LogP contribution in [0.5, 0.6) is 5.75 Å². The second-order valence-corrected chi connectivity index (χ2v) is 6.07. The van der Waals surface area contributed by atoms with E-state index in [9.17, 15) is 0 Å². The van der Waals surface area contributed by atoms with Crippen molar-refractivity contribution in [1.82, 2.24) is 4.98 Å². The van der Waals surface area contributed by atoms with Gasteiger partial charge in [-0.05, 0) is 45.1 Å². The fraction of sp³-hybridized carbons (Fsp3) is 0.357. The molecule has 0 radical (unpaired) electrons. The van der Waals surface area contributed by atoms with Gasteiger partial charge in [0.2, 0.25) is 0 Å². The third-order valence-electron chi connectivity index (χ3n) is 2.80. The Bertz CT molecular complexity index is 558. The number of pyridine rings is 1. The molecule has 0 spiro atoms. The molecular weight excluding hydrogens is 278 g/mol. The quantitative estimate of drug-likeness (QED) is 0.782. The summed E-state index contributed by atoms with van der Waals surface area (Å²) in [6.45, 7) is 6.58. The highest BCUT2D eigenvalue weighted by Crippen LogP contribution is 2.32. The highest BCUT2D eigenvalue weighted by atomic mass is 79.9. The lowest BCUT2D eigenvalue weighted by atomic mass is 9.86. The van der Waals surface area contributed by atoms with Crippen molar-refractivity contribution >= 4 is 26.8 Å². The second-order valence-electron chi connectivity index (χ2n) is 5.15. The number of hydrogen-bond acceptors (Lipinski definition) is 2. The lowest BCUT2D eigenvalue weighted by Gasteiger charge is -2.20. The molecule has 0 amide bonds. The number of fused-ring (bicyclic) bond motifs is 1. The van der Waals surface area contributed by atoms with E-state index in [4.69, 9.17) is 4.74 Å². The lowest BCUT2D eigenvalue weighted by Crippen LogP contribution is -2.11. The highest BCUT2D eigenvalue weighted by molar-refractivity contribution is 9.10. The first-order chi connectivity index (χ1) is 7.91. The third-order valence-corrected chi connectivity index (χ3v) is 3.23. The van der Waals surface area contributed by atoms with Crippen molar-refractivity contribution in [1.29, 1.82) is 0 Å². The van der Waals surface area contributed by atoms with Crippen LogP contribution in [0.15, 0.2) is 28.9 Å². The number of benzene rings is 1. The molecule has 1 aromatic carbocycles. The summed E-state index contributed by atoms with van der Waals surface area (Å²) in [6.07, 6.45) is 1.79. The summed E-state index contributed by atoms with van der Waals surface area (Å²) in [7, 11) is 1.69. The normalized spacial score (nSPS) is 11.8. The van der Waals surface area contributed by atoms with Crippen molar-refractivity contribution in [2.24, 2.45) is 0 Å². The monoisotopic (exact) mass is 293 g/mol. The van der Waals surface area contributed by atoms with Gasteiger partial charge in [0.05, 0.1) is 7.11 Å². The summed E-state index contributed by atoms with van der Waals surface area (Å²) in [5.41, 5.74) is 2.26. The molecule has 0 aliphatic rings. The molecule has 0 unspecified atom stereocenters. The number of methoxy groups -OCH3 is 1. The van der Waals surface area contributed by atoms with E-state index in [2.05, 4.69) is 59.9 Å². The molecule has 0 aliphatic carbocycles. The smallest absolute Gasteiger partial charge is 0.145 e. The van der Waals surface area contributed by atoms with Gasteiger partial charge < -0.3 is 4.74 Å². The van der Waals surface area contributed by atoms with Gasteiger partial charge >= 0.3 is 0 Å². The maximum absolute atomic E-state index is 5.43. The number of ether oxygens (including phenoxy) is 1. The van der Waals surface area contributed by atoms with Gasteiger partial charge in [-0.15, -0.1) is 0 Å². The van der Waals surface area contributed by atoms with Crippen LogP contribution in [0.4, 0.5) is 0 Å². The van der Waals surface area contributed by atoms with Crippen LogP contribution in [-0.2, 0) is 5.41 Å². The van der Waals surface area contributed by atoms with Crippen molar-refractivity contribution in [2.75, 3.05) is 7.11 Å². The van der Waals surface area contributed by atoms with E-state index in [1.165, 1.54) is 5.56 Å². The molecular formula is C14H16BrNO. The van der Waals surface area contributed by atoms with E-state index in [0.717, 1.165) is 21.1 Å². The van der Waals surface area contributed by atoms with Crippen LogP contribution in [0, 0.1) is 0 Å². The average Bonchev–Trinajstić information content (AvgIpc) is 2.25. The van der Waals surface area contributed by atoms with Gasteiger partial charge in [-0.1, -0.05) is 20.8 Å². The molecule has 0 fully saturated rings. The molecule has 0 saturated heterocycles. The van der Waals surface area contributed by atoms with Gasteiger partial charge in [0, 0.05) is 16.1 Å². The summed E-state index contributed by atoms with van der Waals surface area (Å²) in [6, 6.07) is 6.32. The van der Waals surface area contributed by atoms with Crippen molar-refractivity contribution in [3.63, 3.8) is 0 Å². The first kappa shape index (κ1) is 12.4. The molecule has 90 valence electrons. The summed E-state index contributed by atoms with van der Waals surface area (Å²) in [5, 5.41) is 1.10. The largest absolute Gasteiger partial charge is 0.494 e. The van der Waals surface area contributed by atoms with E-state index in [1.807, 2.05) is 0 Å². The molecule has 2 nitrogen and oxygen atoms in total. The lowest BCUT2D eigenvalue weighted by molar-refractivity contribution is 0.417. The summed E-state index contributed by atoms with van der Waals surface area (Å²) in [5.74, 6) is 0.833. The average molecular weight is 294 g/mol. The summed E-state index contributed by atoms with van der Waals surface area (Å²) in [4.78, 5) is 4.40. The zero-order chi connectivity index (χ0) is 12.6. The molecule has 1 aromatic heterocycles. The maximum Gasteiger partial charge on any atom is 0.145 e. The Morgan fingerprint density at radius 2 is 1.88 bits per heavy atom. The zero-order valence-corrected chi connectivity index (χ0v) is 12.1. The first-order valence-corrected chi connectivity index (χ1v) is 6.35. The Morgan fingerprint density at radius 1 is 1.18 bits per heavy atom. The summed E-state index contributed by atoms with van der Waals surface area (Å²) < 4.78 is 6.41. The van der Waals surface area contributed by atoms with Gasteiger partial charge in [0.15, 0.2) is 0 Å². The number of rotatable bonds is 1. The first-order valence-electron chi connectivity index (χ1n) is 5.55. The minimum absolute atomic E-state index is 0.101. The zero-order valence-electron chi connectivity index (χ0n) is 10.5. The molecule has 0 bridgehead atoms. The van der Waals surface area contributed by atoms with Gasteiger partial charge in [-0.2, -0.15) is 0 Å². The number of aromatic nitrogens is 1. The Balaban J connectivity index is 2.76. The summed E-state index contributed by atoms with van der Waals surface area (Å²) >= 11 is 3.45. The molecule has 3 heteroatoms. The molecule has 2 rings (SSSR count). The van der Waals surface area contributed by atoms with Crippen molar-refractivity contribution in [3.8, 4) is 5.75 Å². The van der Waals surface area contributed by atoms with Crippen LogP contribution < -0.4 is 4.74 Å². The molecule has 0 N–H and O–H groups in total. The molecule has 2 aromatic rings. The highest BCUT2D eigenvalue weighted by Gasteiger charge is 2.17.